The predicted molar refractivity (Wildman–Crippen MR) is 132 cm³/mol. The summed E-state index contributed by atoms with van der Waals surface area (Å²) in [5, 5.41) is 5.59. The molecule has 0 spiro atoms. The van der Waals surface area contributed by atoms with Gasteiger partial charge in [-0.25, -0.2) is 4.39 Å². The summed E-state index contributed by atoms with van der Waals surface area (Å²) in [5.41, 5.74) is 7.54. The van der Waals surface area contributed by atoms with Crippen molar-refractivity contribution in [1.82, 2.24) is 15.5 Å². The number of hydrogen-bond donors (Lipinski definition) is 3. The average Bonchev–Trinajstić information content (AvgIpc) is 2.86. The number of nitrogens with one attached hydrogen (secondary N) is 2. The van der Waals surface area contributed by atoms with E-state index in [0.29, 0.717) is 37.9 Å². The van der Waals surface area contributed by atoms with Crippen molar-refractivity contribution >= 4 is 17.7 Å². The summed E-state index contributed by atoms with van der Waals surface area (Å²) in [6.45, 7) is 4.65. The molecule has 8 heteroatoms. The van der Waals surface area contributed by atoms with Gasteiger partial charge in [0.25, 0.3) is 0 Å². The highest BCUT2D eigenvalue weighted by Gasteiger charge is 2.32. The summed E-state index contributed by atoms with van der Waals surface area (Å²) in [4.78, 5) is 40.1. The highest BCUT2D eigenvalue weighted by atomic mass is 19.1. The van der Waals surface area contributed by atoms with Gasteiger partial charge in [0.2, 0.25) is 17.7 Å². The van der Waals surface area contributed by atoms with Gasteiger partial charge in [0, 0.05) is 31.1 Å². The Bertz CT molecular complexity index is 1010. The van der Waals surface area contributed by atoms with E-state index >= 15 is 0 Å². The van der Waals surface area contributed by atoms with E-state index in [4.69, 9.17) is 5.73 Å². The van der Waals surface area contributed by atoms with Crippen molar-refractivity contribution in [3.63, 3.8) is 0 Å². The molecule has 1 fully saturated rings. The third kappa shape index (κ3) is 7.36. The first-order valence-corrected chi connectivity index (χ1v) is 12.2. The largest absolute Gasteiger partial charge is 0.350 e. The van der Waals surface area contributed by atoms with E-state index in [9.17, 15) is 18.8 Å². The maximum Gasteiger partial charge on any atom is 0.243 e. The Kier molecular flexibility index (Phi) is 9.37. The van der Waals surface area contributed by atoms with Gasteiger partial charge in [0.1, 0.15) is 11.9 Å². The normalized spacial score (nSPS) is 16.0. The lowest BCUT2D eigenvalue weighted by atomic mass is 9.93. The minimum Gasteiger partial charge on any atom is -0.350 e. The van der Waals surface area contributed by atoms with E-state index in [-0.39, 0.29) is 41.9 Å². The molecule has 3 rings (SSSR count). The van der Waals surface area contributed by atoms with Crippen LogP contribution in [0.15, 0.2) is 54.6 Å². The molecule has 1 saturated heterocycles. The van der Waals surface area contributed by atoms with Gasteiger partial charge < -0.3 is 21.3 Å². The molecule has 2 aromatic carbocycles. The van der Waals surface area contributed by atoms with Crippen molar-refractivity contribution in [2.75, 3.05) is 13.1 Å². The van der Waals surface area contributed by atoms with Crippen LogP contribution in [0.25, 0.3) is 0 Å². The SMILES string of the molecule is CC(C)[C@H](NC(=O)C1CCN(C(=O)[C@@H](N)Cc2ccccc2)CC1)C(=O)NCc1ccccc1F. The molecule has 0 saturated carbocycles. The fraction of sp³-hybridized carbons (Fsp3) is 0.444. The Labute approximate surface area is 206 Å². The van der Waals surface area contributed by atoms with Crippen molar-refractivity contribution in [1.29, 1.82) is 0 Å². The van der Waals surface area contributed by atoms with Gasteiger partial charge >= 0.3 is 0 Å². The minimum atomic E-state index is -0.728. The van der Waals surface area contributed by atoms with Gasteiger partial charge in [-0.1, -0.05) is 62.4 Å². The van der Waals surface area contributed by atoms with Crippen LogP contribution in [-0.2, 0) is 27.3 Å². The zero-order chi connectivity index (χ0) is 25.4. The summed E-state index contributed by atoms with van der Waals surface area (Å²) < 4.78 is 13.8. The molecule has 0 bridgehead atoms. The van der Waals surface area contributed by atoms with E-state index in [1.807, 2.05) is 44.2 Å². The Morgan fingerprint density at radius 2 is 1.66 bits per heavy atom. The second-order valence-corrected chi connectivity index (χ2v) is 9.44. The molecule has 1 aliphatic rings. The number of hydrogen-bond acceptors (Lipinski definition) is 4. The monoisotopic (exact) mass is 482 g/mol. The van der Waals surface area contributed by atoms with E-state index in [0.717, 1.165) is 5.56 Å². The molecule has 2 aromatic rings. The predicted octanol–water partition coefficient (Wildman–Crippen LogP) is 2.39. The van der Waals surface area contributed by atoms with E-state index in [1.54, 1.807) is 23.1 Å². The summed E-state index contributed by atoms with van der Waals surface area (Å²) in [6.07, 6.45) is 1.49. The number of rotatable bonds is 9. The van der Waals surface area contributed by atoms with E-state index in [2.05, 4.69) is 10.6 Å². The minimum absolute atomic E-state index is 0.0499. The van der Waals surface area contributed by atoms with E-state index in [1.165, 1.54) is 6.07 Å². The van der Waals surface area contributed by atoms with Crippen LogP contribution in [0.3, 0.4) is 0 Å². The Hall–Kier alpha value is -3.26. The van der Waals surface area contributed by atoms with Gasteiger partial charge in [-0.15, -0.1) is 0 Å². The highest BCUT2D eigenvalue weighted by molar-refractivity contribution is 5.89. The van der Waals surface area contributed by atoms with Crippen LogP contribution >= 0.6 is 0 Å². The number of halogens is 1. The van der Waals surface area contributed by atoms with Crippen molar-refractivity contribution in [3.8, 4) is 0 Å². The van der Waals surface area contributed by atoms with Gasteiger partial charge in [0.15, 0.2) is 0 Å². The molecular weight excluding hydrogens is 447 g/mol. The molecule has 4 N–H and O–H groups in total. The fourth-order valence-electron chi connectivity index (χ4n) is 4.29. The zero-order valence-corrected chi connectivity index (χ0v) is 20.4. The van der Waals surface area contributed by atoms with Gasteiger partial charge in [-0.3, -0.25) is 14.4 Å². The van der Waals surface area contributed by atoms with Crippen molar-refractivity contribution in [2.45, 2.75) is 51.7 Å². The summed E-state index contributed by atoms with van der Waals surface area (Å²) in [5.74, 6) is -1.48. The molecule has 0 aliphatic carbocycles. The first-order valence-electron chi connectivity index (χ1n) is 12.2. The van der Waals surface area contributed by atoms with Crippen molar-refractivity contribution < 1.29 is 18.8 Å². The second-order valence-electron chi connectivity index (χ2n) is 9.44. The number of piperidine rings is 1. The number of amides is 3. The molecule has 1 aliphatic heterocycles. The van der Waals surface area contributed by atoms with Crippen LogP contribution < -0.4 is 16.4 Å². The molecule has 0 unspecified atom stereocenters. The van der Waals surface area contributed by atoms with Crippen molar-refractivity contribution in [3.05, 3.63) is 71.5 Å². The summed E-state index contributed by atoms with van der Waals surface area (Å²) in [7, 11) is 0. The topological polar surface area (TPSA) is 105 Å². The quantitative estimate of drug-likeness (QED) is 0.510. The molecule has 2 atom stereocenters. The average molecular weight is 483 g/mol. The van der Waals surface area contributed by atoms with Gasteiger partial charge in [-0.05, 0) is 36.8 Å². The molecule has 0 aromatic heterocycles. The molecule has 3 amide bonds. The third-order valence-electron chi connectivity index (χ3n) is 6.45. The van der Waals surface area contributed by atoms with Gasteiger partial charge in [-0.2, -0.15) is 0 Å². The van der Waals surface area contributed by atoms with E-state index < -0.39 is 12.1 Å². The number of nitrogens with zero attached hydrogens (tertiary/aromatic N) is 1. The zero-order valence-electron chi connectivity index (χ0n) is 20.4. The first kappa shape index (κ1) is 26.3. The molecule has 188 valence electrons. The maximum absolute atomic E-state index is 13.8. The fourth-order valence-corrected chi connectivity index (χ4v) is 4.29. The lowest BCUT2D eigenvalue weighted by molar-refractivity contribution is -0.137. The smallest absolute Gasteiger partial charge is 0.243 e. The Morgan fingerprint density at radius 3 is 2.29 bits per heavy atom. The van der Waals surface area contributed by atoms with Crippen molar-refractivity contribution in [2.24, 2.45) is 17.6 Å². The third-order valence-corrected chi connectivity index (χ3v) is 6.45. The maximum atomic E-state index is 13.8. The number of carbonyl (C=O) groups is 3. The molecular formula is C27H35FN4O3. The van der Waals surface area contributed by atoms with Gasteiger partial charge in [0.05, 0.1) is 6.04 Å². The molecule has 7 nitrogen and oxygen atoms in total. The molecule has 35 heavy (non-hydrogen) atoms. The first-order chi connectivity index (χ1) is 16.8. The number of nitrogens with two attached hydrogens (primary N) is 1. The summed E-state index contributed by atoms with van der Waals surface area (Å²) in [6, 6.07) is 14.5. The lowest BCUT2D eigenvalue weighted by Gasteiger charge is -2.34. The number of carbonyl (C=O) groups excluding carboxylic acids is 3. The lowest BCUT2D eigenvalue weighted by Crippen LogP contribution is -2.53. The molecule has 0 radical (unpaired) electrons. The van der Waals surface area contributed by atoms with Crippen LogP contribution in [0.2, 0.25) is 0 Å². The Balaban J connectivity index is 1.48. The summed E-state index contributed by atoms with van der Waals surface area (Å²) >= 11 is 0. The van der Waals surface area contributed by atoms with Crippen LogP contribution in [0.5, 0.6) is 0 Å². The van der Waals surface area contributed by atoms with Crippen LogP contribution in [0, 0.1) is 17.7 Å². The second kappa shape index (κ2) is 12.4. The highest BCUT2D eigenvalue weighted by Crippen LogP contribution is 2.19. The van der Waals surface area contributed by atoms with Crippen LogP contribution in [-0.4, -0.2) is 47.8 Å². The van der Waals surface area contributed by atoms with Crippen LogP contribution in [0.1, 0.15) is 37.8 Å². The number of benzene rings is 2. The molecule has 1 heterocycles. The van der Waals surface area contributed by atoms with Crippen LogP contribution in [0.4, 0.5) is 4.39 Å². The Morgan fingerprint density at radius 1 is 1.03 bits per heavy atom. The number of likely N-dealkylation sites (tertiary alicyclic amines) is 1. The standard InChI is InChI=1S/C27H35FN4O3/c1-18(2)24(26(34)30-17-21-10-6-7-11-22(21)28)31-25(33)20-12-14-32(15-13-20)27(35)23(29)16-19-8-4-3-5-9-19/h3-11,18,20,23-24H,12-17,29H2,1-2H3,(H,30,34)(H,31,33)/t23-,24-/m0/s1.